The monoisotopic (exact) mass is 619 g/mol. The molecule has 8 heteroatoms. The Morgan fingerprint density at radius 3 is 1.57 bits per heavy atom. The molecule has 0 atom stereocenters. The molecule has 7 nitrogen and oxygen atoms in total. The van der Waals surface area contributed by atoms with Crippen LogP contribution in [0.3, 0.4) is 0 Å². The van der Waals surface area contributed by atoms with Crippen LogP contribution in [0.5, 0.6) is 0 Å². The number of aromatic amines is 2. The fourth-order valence-electron chi connectivity index (χ4n) is 6.32. The molecule has 222 valence electrons. The second-order valence-electron chi connectivity index (χ2n) is 11.5. The molecule has 7 rings (SSSR count). The molecule has 0 saturated heterocycles. The number of carbonyl (C=O) groups is 1. The first-order valence-electron chi connectivity index (χ1n) is 15.3. The van der Waals surface area contributed by atoms with Crippen LogP contribution in [0.2, 0.25) is 0 Å². The normalized spacial score (nSPS) is 13.1. The van der Waals surface area contributed by atoms with E-state index in [1.165, 1.54) is 11.1 Å². The van der Waals surface area contributed by atoms with Gasteiger partial charge in [-0.05, 0) is 127 Å². The van der Waals surface area contributed by atoms with E-state index in [1.54, 1.807) is 12.1 Å². The van der Waals surface area contributed by atoms with Gasteiger partial charge in [-0.3, -0.25) is 0 Å². The minimum absolute atomic E-state index is 0. The number of nitrogens with zero attached hydrogens (tertiary/aromatic N) is 3. The number of aromatic nitrogens is 5. The van der Waals surface area contributed by atoms with Crippen LogP contribution in [0.4, 0.5) is 0 Å². The molecule has 6 heterocycles. The van der Waals surface area contributed by atoms with Crippen LogP contribution in [0, 0.1) is 0 Å². The SMILES string of the molecule is CCC1=C(C)c2cc3ccc([nH]3)c(-c3ccc(C(=O)O)cc3)c3ccc(cc4nc(cc5nc(cc1n2)C=C5)C(CC)=C4C)[nH]3.[Si+4]. The van der Waals surface area contributed by atoms with Gasteiger partial charge in [0.1, 0.15) is 0 Å². The molecule has 0 unspecified atom stereocenters. The van der Waals surface area contributed by atoms with Crippen molar-refractivity contribution in [3.05, 3.63) is 113 Å². The fourth-order valence-corrected chi connectivity index (χ4v) is 6.32. The van der Waals surface area contributed by atoms with E-state index in [-0.39, 0.29) is 16.5 Å². The van der Waals surface area contributed by atoms with Crippen LogP contribution in [0.25, 0.3) is 67.6 Å². The molecule has 0 fully saturated rings. The van der Waals surface area contributed by atoms with Gasteiger partial charge >= 0.3 is 16.9 Å². The van der Waals surface area contributed by atoms with Gasteiger partial charge in [-0.1, -0.05) is 26.0 Å². The van der Waals surface area contributed by atoms with Crippen molar-refractivity contribution < 1.29 is 9.90 Å². The van der Waals surface area contributed by atoms with Gasteiger partial charge in [0.15, 0.2) is 0 Å². The van der Waals surface area contributed by atoms with Crippen LogP contribution >= 0.6 is 0 Å². The molecule has 3 aliphatic heterocycles. The molecule has 1 aromatic carbocycles. The molecule has 0 aliphatic carbocycles. The van der Waals surface area contributed by atoms with Crippen molar-refractivity contribution in [1.82, 2.24) is 24.9 Å². The smallest absolute Gasteiger partial charge is 0.478 e. The maximum atomic E-state index is 11.6. The molecular formula is C38H33N5O2Si+4. The molecule has 4 aromatic rings. The van der Waals surface area contributed by atoms with E-state index >= 15 is 0 Å². The number of nitrogens with one attached hydrogen (secondary N) is 2. The first kappa shape index (κ1) is 30.7. The van der Waals surface area contributed by atoms with E-state index in [9.17, 15) is 9.90 Å². The summed E-state index contributed by atoms with van der Waals surface area (Å²) in [5.74, 6) is -0.952. The Balaban J connectivity index is 0.00000372. The van der Waals surface area contributed by atoms with Gasteiger partial charge in [0, 0.05) is 27.6 Å². The minimum atomic E-state index is -0.952. The summed E-state index contributed by atoms with van der Waals surface area (Å²) in [6, 6.07) is 23.5. The van der Waals surface area contributed by atoms with Crippen molar-refractivity contribution in [2.45, 2.75) is 40.5 Å². The summed E-state index contributed by atoms with van der Waals surface area (Å²) in [6.07, 6.45) is 5.80. The zero-order valence-electron chi connectivity index (χ0n) is 26.2. The average molecular weight is 620 g/mol. The summed E-state index contributed by atoms with van der Waals surface area (Å²) in [4.78, 5) is 33.7. The number of allylic oxidation sites excluding steroid dienone is 4. The molecule has 0 amide bonds. The van der Waals surface area contributed by atoms with E-state index in [4.69, 9.17) is 15.0 Å². The van der Waals surface area contributed by atoms with E-state index in [2.05, 4.69) is 86.2 Å². The predicted molar refractivity (Wildman–Crippen MR) is 189 cm³/mol. The number of rotatable bonds is 4. The minimum Gasteiger partial charge on any atom is -0.478 e. The second-order valence-corrected chi connectivity index (χ2v) is 11.5. The maximum absolute atomic E-state index is 11.6. The summed E-state index contributed by atoms with van der Waals surface area (Å²) < 4.78 is 0. The van der Waals surface area contributed by atoms with Crippen LogP contribution in [-0.4, -0.2) is 47.0 Å². The van der Waals surface area contributed by atoms with Gasteiger partial charge in [0.25, 0.3) is 0 Å². The molecule has 10 bridgehead atoms. The first-order chi connectivity index (χ1) is 21.8. The molecule has 46 heavy (non-hydrogen) atoms. The molecule has 0 spiro atoms. The number of hydrogen-bond acceptors (Lipinski definition) is 4. The van der Waals surface area contributed by atoms with Crippen molar-refractivity contribution in [2.75, 3.05) is 0 Å². The summed E-state index contributed by atoms with van der Waals surface area (Å²) >= 11 is 0. The summed E-state index contributed by atoms with van der Waals surface area (Å²) in [6.45, 7) is 8.56. The van der Waals surface area contributed by atoms with Crippen LogP contribution in [-0.2, 0) is 0 Å². The standard InChI is InChI=1S/C38H33N5O2.Si/c1-5-29-21(3)33-17-27-13-15-31(40-27)37(23-7-9-24(10-8-23)38(44)45)32-16-14-28(41-32)18-34-22(4)30(6-2)36(43-34)20-26-12-11-25(39-26)19-35(29)42-33;/h7-20,40-41H,5-6H2,1-4H3,(H,44,45);/q;+4. The third-order valence-electron chi connectivity index (χ3n) is 8.69. The zero-order valence-corrected chi connectivity index (χ0v) is 27.2. The quantitative estimate of drug-likeness (QED) is 0.174. The Bertz CT molecular complexity index is 2110. The van der Waals surface area contributed by atoms with Gasteiger partial charge in [-0.2, -0.15) is 0 Å². The number of carboxylic acid groups (broad SMARTS) is 1. The van der Waals surface area contributed by atoms with Gasteiger partial charge in [0.05, 0.1) is 39.7 Å². The third kappa shape index (κ3) is 5.52. The van der Waals surface area contributed by atoms with E-state index in [0.29, 0.717) is 0 Å². The number of aromatic carboxylic acids is 1. The number of fused-ring (bicyclic) bond motifs is 10. The summed E-state index contributed by atoms with van der Waals surface area (Å²) in [5.41, 5.74) is 15.9. The largest absolute Gasteiger partial charge is 4.00 e. The Hall–Kier alpha value is -5.34. The maximum Gasteiger partial charge on any atom is 4.00 e. The van der Waals surface area contributed by atoms with Gasteiger partial charge in [-0.25, -0.2) is 19.7 Å². The molecule has 3 aromatic heterocycles. The number of benzene rings is 1. The summed E-state index contributed by atoms with van der Waals surface area (Å²) in [7, 11) is 0. The first-order valence-corrected chi connectivity index (χ1v) is 15.3. The molecule has 3 N–H and O–H groups in total. The van der Waals surface area contributed by atoms with Crippen LogP contribution in [0.1, 0.15) is 85.1 Å². The molecule has 0 saturated carbocycles. The number of carboxylic acids is 1. The molecule has 3 aliphatic rings. The topological polar surface area (TPSA) is 108 Å². The van der Waals surface area contributed by atoms with Gasteiger partial charge < -0.3 is 15.1 Å². The average Bonchev–Trinajstić information content (AvgIpc) is 3.86. The molecular weight excluding hydrogens is 587 g/mol. The Morgan fingerprint density at radius 1 is 0.652 bits per heavy atom. The van der Waals surface area contributed by atoms with Crippen LogP contribution in [0.15, 0.2) is 72.8 Å². The predicted octanol–water partition coefficient (Wildman–Crippen LogP) is 8.98. The fraction of sp³-hybridized carbons (Fsp3) is 0.158. The van der Waals surface area contributed by atoms with Crippen molar-refractivity contribution in [2.24, 2.45) is 0 Å². The van der Waals surface area contributed by atoms with Crippen molar-refractivity contribution in [3.8, 4) is 11.1 Å². The van der Waals surface area contributed by atoms with Crippen molar-refractivity contribution in [1.29, 1.82) is 0 Å². The zero-order chi connectivity index (χ0) is 31.2. The third-order valence-corrected chi connectivity index (χ3v) is 8.69. The van der Waals surface area contributed by atoms with E-state index in [0.717, 1.165) is 91.3 Å². The Labute approximate surface area is 271 Å². The van der Waals surface area contributed by atoms with E-state index in [1.807, 2.05) is 24.3 Å². The van der Waals surface area contributed by atoms with Gasteiger partial charge in [0.2, 0.25) is 0 Å². The Kier molecular flexibility index (Phi) is 8.14. The summed E-state index contributed by atoms with van der Waals surface area (Å²) in [5, 5.41) is 9.49. The van der Waals surface area contributed by atoms with Gasteiger partial charge in [-0.15, -0.1) is 0 Å². The van der Waals surface area contributed by atoms with E-state index < -0.39 is 5.97 Å². The number of hydrogen-bond donors (Lipinski definition) is 3. The van der Waals surface area contributed by atoms with Crippen LogP contribution < -0.4 is 0 Å². The van der Waals surface area contributed by atoms with Crippen molar-refractivity contribution in [3.63, 3.8) is 0 Å². The Morgan fingerprint density at radius 2 is 1.13 bits per heavy atom. The second kappa shape index (κ2) is 12.2. The van der Waals surface area contributed by atoms with Crippen molar-refractivity contribution >= 4 is 73.4 Å². The molecule has 0 radical (unpaired) electrons. The number of H-pyrrole nitrogens is 2.